The number of furan rings is 2. The van der Waals surface area contributed by atoms with Crippen LogP contribution in [0.4, 0.5) is 34.1 Å². The first kappa shape index (κ1) is 45.4. The molecule has 15 rings (SSSR count). The summed E-state index contributed by atoms with van der Waals surface area (Å²) in [6.45, 7) is 27.5. The van der Waals surface area contributed by atoms with Gasteiger partial charge in [-0.2, -0.15) is 0 Å². The first-order valence-electron chi connectivity index (χ1n) is 27.3. The van der Waals surface area contributed by atoms with Crippen LogP contribution in [-0.2, 0) is 21.7 Å². The Morgan fingerprint density at radius 1 is 0.382 bits per heavy atom. The molecule has 372 valence electrons. The van der Waals surface area contributed by atoms with Crippen LogP contribution in [-0.4, -0.2) is 11.3 Å². The number of hydrogen-bond acceptors (Lipinski definition) is 4. The Balaban J connectivity index is 1.12. The maximum atomic E-state index is 7.47. The smallest absolute Gasteiger partial charge is 0.297 e. The van der Waals surface area contributed by atoms with E-state index in [1.54, 1.807) is 0 Å². The minimum atomic E-state index is -0.211. The highest BCUT2D eigenvalue weighted by atomic mass is 16.3. The average Bonchev–Trinajstić information content (AvgIpc) is 4.24. The lowest BCUT2D eigenvalue weighted by molar-refractivity contribution is 0.590. The van der Waals surface area contributed by atoms with Gasteiger partial charge in [0.2, 0.25) is 0 Å². The van der Waals surface area contributed by atoms with Gasteiger partial charge in [-0.05, 0) is 156 Å². The highest BCUT2D eigenvalue weighted by molar-refractivity contribution is 7.00. The summed E-state index contributed by atoms with van der Waals surface area (Å²) in [7, 11) is 0. The Labute approximate surface area is 445 Å². The highest BCUT2D eigenvalue weighted by Crippen LogP contribution is 2.53. The average molecular weight is 988 g/mol. The van der Waals surface area contributed by atoms with E-state index in [1.165, 1.54) is 82.1 Å². The van der Waals surface area contributed by atoms with Crippen molar-refractivity contribution in [3.8, 4) is 16.8 Å². The van der Waals surface area contributed by atoms with Crippen LogP contribution in [0, 0.1) is 0 Å². The second kappa shape index (κ2) is 14.9. The number of fused-ring (bicyclic) bond motifs is 7. The molecule has 0 radical (unpaired) electrons. The molecule has 0 atom stereocenters. The van der Waals surface area contributed by atoms with Gasteiger partial charge in [0.25, 0.3) is 6.71 Å². The van der Waals surface area contributed by atoms with Crippen LogP contribution >= 0.6 is 0 Å². The predicted octanol–water partition coefficient (Wildman–Crippen LogP) is 17.8. The van der Waals surface area contributed by atoms with Crippen molar-refractivity contribution in [2.45, 2.75) is 105 Å². The molecule has 3 aliphatic rings. The van der Waals surface area contributed by atoms with Crippen molar-refractivity contribution < 1.29 is 8.83 Å². The molecule has 0 spiro atoms. The van der Waals surface area contributed by atoms with E-state index in [-0.39, 0.29) is 28.4 Å². The van der Waals surface area contributed by atoms with Gasteiger partial charge in [0.1, 0.15) is 16.7 Å². The van der Waals surface area contributed by atoms with Gasteiger partial charge in [0.05, 0.1) is 28.1 Å². The molecule has 0 bridgehead atoms. The number of aromatic nitrogens is 1. The summed E-state index contributed by atoms with van der Waals surface area (Å²) >= 11 is 0. The molecule has 3 aromatic heterocycles. The van der Waals surface area contributed by atoms with Crippen molar-refractivity contribution >= 4 is 123 Å². The first-order valence-corrected chi connectivity index (χ1v) is 27.3. The molecule has 9 aromatic carbocycles. The van der Waals surface area contributed by atoms with Gasteiger partial charge in [0, 0.05) is 55.4 Å². The van der Waals surface area contributed by atoms with Gasteiger partial charge in [-0.1, -0.05) is 162 Å². The van der Waals surface area contributed by atoms with E-state index in [9.17, 15) is 0 Å². The molecular formula is C70H62BN3O2. The van der Waals surface area contributed by atoms with E-state index in [0.29, 0.717) is 0 Å². The fourth-order valence-electron chi connectivity index (χ4n) is 13.3. The lowest BCUT2D eigenvalue weighted by atomic mass is 9.35. The van der Waals surface area contributed by atoms with Crippen LogP contribution in [0.3, 0.4) is 0 Å². The van der Waals surface area contributed by atoms with Gasteiger partial charge < -0.3 is 23.2 Å². The minimum Gasteiger partial charge on any atom is -0.468 e. The molecule has 76 heavy (non-hydrogen) atoms. The van der Waals surface area contributed by atoms with E-state index in [4.69, 9.17) is 8.83 Å². The second-order valence-electron chi connectivity index (χ2n) is 26.2. The number of nitrogens with zero attached hydrogens (tertiary/aromatic N) is 3. The molecule has 0 saturated heterocycles. The van der Waals surface area contributed by atoms with Crippen LogP contribution in [0.1, 0.15) is 105 Å². The summed E-state index contributed by atoms with van der Waals surface area (Å²) in [5, 5.41) is 8.51. The molecule has 12 aromatic rings. The zero-order valence-electron chi connectivity index (χ0n) is 45.7. The molecule has 1 aliphatic carbocycles. The molecular weight excluding hydrogens is 926 g/mol. The summed E-state index contributed by atoms with van der Waals surface area (Å²) in [6, 6.07) is 60.3. The fourth-order valence-corrected chi connectivity index (χ4v) is 13.3. The third-order valence-electron chi connectivity index (χ3n) is 17.3. The van der Waals surface area contributed by atoms with Crippen molar-refractivity contribution in [2.75, 3.05) is 9.80 Å². The summed E-state index contributed by atoms with van der Waals surface area (Å²) in [6.07, 6.45) is 0. The Bertz CT molecular complexity index is 4500. The van der Waals surface area contributed by atoms with Crippen molar-refractivity contribution in [1.82, 2.24) is 4.57 Å². The van der Waals surface area contributed by atoms with Crippen molar-refractivity contribution in [3.63, 3.8) is 0 Å². The zero-order valence-corrected chi connectivity index (χ0v) is 45.7. The number of benzene rings is 9. The lowest BCUT2D eigenvalue weighted by Crippen LogP contribution is -2.61. The standard InChI is InChI=1S/C70H62BN3O2/c1-67(2,3)40-20-26-44(27-21-40)72-51-31-24-43(70(10,11)12)36-50(51)71-64-54(72)37-46(38-55(64)74(45-28-22-41(23-29-45)68(4,5)6)65-49-35-42(69(7,8)9)25-33-56(49)76-66(65)71)73-52-30-19-39-15-13-16-47-48-17-14-18-57-60(48)63-58(75-57)34-32-53(73)62(63)61(52)59(39)47/h13-38H,1-12H3. The molecule has 5 heterocycles. The van der Waals surface area contributed by atoms with E-state index in [2.05, 4.69) is 255 Å². The number of anilines is 6. The van der Waals surface area contributed by atoms with Gasteiger partial charge in [-0.25, -0.2) is 0 Å². The molecule has 6 heteroatoms. The molecule has 0 saturated carbocycles. The second-order valence-corrected chi connectivity index (χ2v) is 26.2. The van der Waals surface area contributed by atoms with Crippen molar-refractivity contribution in [3.05, 3.63) is 180 Å². The maximum Gasteiger partial charge on any atom is 0.297 e. The molecule has 0 amide bonds. The van der Waals surface area contributed by atoms with E-state index >= 15 is 0 Å². The predicted molar refractivity (Wildman–Crippen MR) is 323 cm³/mol. The topological polar surface area (TPSA) is 37.7 Å². The minimum absolute atomic E-state index is 0.00659. The normalized spacial score (nSPS) is 14.2. The van der Waals surface area contributed by atoms with Crippen molar-refractivity contribution in [1.29, 1.82) is 0 Å². The third-order valence-corrected chi connectivity index (χ3v) is 17.3. The van der Waals surface area contributed by atoms with Crippen LogP contribution in [0.25, 0.3) is 82.3 Å². The Kier molecular flexibility index (Phi) is 8.91. The third kappa shape index (κ3) is 6.21. The number of hydrogen-bond donors (Lipinski definition) is 0. The van der Waals surface area contributed by atoms with Crippen LogP contribution in [0.2, 0.25) is 0 Å². The summed E-state index contributed by atoms with van der Waals surface area (Å²) in [4.78, 5) is 5.11. The molecule has 5 nitrogen and oxygen atoms in total. The Hall–Kier alpha value is -7.96. The largest absolute Gasteiger partial charge is 0.468 e. The molecule has 2 aliphatic heterocycles. The van der Waals surface area contributed by atoms with Gasteiger partial charge in [-0.3, -0.25) is 0 Å². The van der Waals surface area contributed by atoms with Crippen molar-refractivity contribution in [2.24, 2.45) is 0 Å². The van der Waals surface area contributed by atoms with Gasteiger partial charge >= 0.3 is 0 Å². The number of rotatable bonds is 3. The van der Waals surface area contributed by atoms with Gasteiger partial charge in [0.15, 0.2) is 0 Å². The quantitative estimate of drug-likeness (QED) is 0.165. The monoisotopic (exact) mass is 987 g/mol. The molecule has 0 unspecified atom stereocenters. The van der Waals surface area contributed by atoms with Crippen LogP contribution in [0.15, 0.2) is 167 Å². The highest BCUT2D eigenvalue weighted by Gasteiger charge is 2.48. The van der Waals surface area contributed by atoms with Crippen LogP contribution < -0.4 is 26.4 Å². The van der Waals surface area contributed by atoms with Crippen LogP contribution in [0.5, 0.6) is 0 Å². The lowest BCUT2D eigenvalue weighted by Gasteiger charge is -2.43. The summed E-state index contributed by atoms with van der Waals surface area (Å²) in [5.41, 5.74) is 23.8. The Morgan fingerprint density at radius 3 is 1.57 bits per heavy atom. The summed E-state index contributed by atoms with van der Waals surface area (Å²) in [5.74, 6) is 0. The summed E-state index contributed by atoms with van der Waals surface area (Å²) < 4.78 is 16.8. The maximum absolute atomic E-state index is 7.47. The zero-order chi connectivity index (χ0) is 52.3. The molecule has 0 fully saturated rings. The van der Waals surface area contributed by atoms with E-state index in [1.807, 2.05) is 0 Å². The molecule has 0 N–H and O–H groups in total. The fraction of sp³-hybridized carbons (Fsp3) is 0.229. The first-order chi connectivity index (χ1) is 36.2. The Morgan fingerprint density at radius 2 is 0.908 bits per heavy atom. The van der Waals surface area contributed by atoms with E-state index < -0.39 is 0 Å². The SMILES string of the molecule is CC(C)(C)c1ccc(N2c3ccc(C(C)(C)C)cc3B3c4oc5ccc(C(C)(C)C)cc5c4N(c4ccc(C(C)(C)C)cc4)c4cc(-n5c6ccc7cccc8c7c6c6c7c(ccc65)oc5cccc-8c57)cc2c43)cc1. The van der Waals surface area contributed by atoms with E-state index in [0.717, 1.165) is 73.1 Å². The van der Waals surface area contributed by atoms with Gasteiger partial charge in [-0.15, -0.1) is 0 Å².